The van der Waals surface area contributed by atoms with Gasteiger partial charge in [-0.25, -0.2) is 9.36 Å². The minimum Gasteiger partial charge on any atom is -0.487 e. The Morgan fingerprint density at radius 3 is 1.51 bits per heavy atom. The molecule has 0 bridgehead atoms. The van der Waals surface area contributed by atoms with Gasteiger partial charge in [-0.05, 0) is 53.1 Å². The van der Waals surface area contributed by atoms with Crippen LogP contribution < -0.4 is 9.47 Å². The van der Waals surface area contributed by atoms with Crippen molar-refractivity contribution in [1.29, 1.82) is 0 Å². The number of ether oxygens (including phenoxy) is 2. The topological polar surface area (TPSA) is 97.0 Å². The minimum atomic E-state index is 0.0269. The summed E-state index contributed by atoms with van der Waals surface area (Å²) in [6.45, 7) is 1.92. The maximum absolute atomic E-state index is 12.9. The summed E-state index contributed by atoms with van der Waals surface area (Å²) >= 11 is 0. The summed E-state index contributed by atoms with van der Waals surface area (Å²) in [4.78, 5) is 12.9. The Labute approximate surface area is 249 Å². The SMILES string of the molecule is O=C(Cc1ccc(OCc2cn(Cc3ccccc3)nn2)cc1)c1ccc(OCc2cn(Cc3ccccc3)nn2)cc1. The van der Waals surface area contributed by atoms with E-state index in [2.05, 4.69) is 44.9 Å². The Kier molecular flexibility index (Phi) is 8.60. The maximum Gasteiger partial charge on any atom is 0.167 e. The molecule has 0 aliphatic rings. The average molecular weight is 571 g/mol. The minimum absolute atomic E-state index is 0.0269. The van der Waals surface area contributed by atoms with Crippen LogP contribution in [0.15, 0.2) is 122 Å². The zero-order valence-electron chi connectivity index (χ0n) is 23.5. The number of rotatable bonds is 13. The summed E-state index contributed by atoms with van der Waals surface area (Å²) in [7, 11) is 0. The highest BCUT2D eigenvalue weighted by molar-refractivity contribution is 5.97. The van der Waals surface area contributed by atoms with Gasteiger partial charge < -0.3 is 9.47 Å². The molecule has 0 saturated heterocycles. The fourth-order valence-corrected chi connectivity index (χ4v) is 4.55. The number of nitrogens with zero attached hydrogens (tertiary/aromatic N) is 6. The first-order valence-corrected chi connectivity index (χ1v) is 14.0. The number of hydrogen-bond donors (Lipinski definition) is 0. The summed E-state index contributed by atoms with van der Waals surface area (Å²) in [5, 5.41) is 16.7. The highest BCUT2D eigenvalue weighted by Crippen LogP contribution is 2.18. The van der Waals surface area contributed by atoms with E-state index in [9.17, 15) is 4.79 Å². The Hall–Kier alpha value is -5.57. The molecule has 0 atom stereocenters. The molecule has 6 aromatic rings. The van der Waals surface area contributed by atoms with Crippen molar-refractivity contribution in [3.63, 3.8) is 0 Å². The lowest BCUT2D eigenvalue weighted by molar-refractivity contribution is 0.0993. The van der Waals surface area contributed by atoms with Crippen molar-refractivity contribution in [3.8, 4) is 11.5 Å². The van der Waals surface area contributed by atoms with Crippen LogP contribution in [0.1, 0.15) is 38.4 Å². The highest BCUT2D eigenvalue weighted by Gasteiger charge is 2.09. The zero-order valence-corrected chi connectivity index (χ0v) is 23.5. The fraction of sp³-hybridized carbons (Fsp3) is 0.147. The molecule has 9 heteroatoms. The first kappa shape index (κ1) is 27.6. The van der Waals surface area contributed by atoms with Gasteiger partial charge in [0.1, 0.15) is 36.1 Å². The number of carbonyl (C=O) groups excluding carboxylic acids is 1. The maximum atomic E-state index is 12.9. The third-order valence-corrected chi connectivity index (χ3v) is 6.78. The molecule has 0 saturated carbocycles. The molecule has 6 rings (SSSR count). The van der Waals surface area contributed by atoms with Gasteiger partial charge in [0.25, 0.3) is 0 Å². The van der Waals surface area contributed by atoms with Crippen LogP contribution >= 0.6 is 0 Å². The van der Waals surface area contributed by atoms with E-state index < -0.39 is 0 Å². The van der Waals surface area contributed by atoms with Crippen molar-refractivity contribution >= 4 is 5.78 Å². The molecule has 0 radical (unpaired) electrons. The second-order valence-corrected chi connectivity index (χ2v) is 10.1. The van der Waals surface area contributed by atoms with Crippen molar-refractivity contribution < 1.29 is 14.3 Å². The first-order valence-electron chi connectivity index (χ1n) is 14.0. The third-order valence-electron chi connectivity index (χ3n) is 6.78. The van der Waals surface area contributed by atoms with Crippen molar-refractivity contribution in [2.24, 2.45) is 0 Å². The molecule has 43 heavy (non-hydrogen) atoms. The van der Waals surface area contributed by atoms with Gasteiger partial charge >= 0.3 is 0 Å². The van der Waals surface area contributed by atoms with Gasteiger partial charge in [-0.15, -0.1) is 10.2 Å². The summed E-state index contributed by atoms with van der Waals surface area (Å²) in [6.07, 6.45) is 4.05. The highest BCUT2D eigenvalue weighted by atomic mass is 16.5. The Bertz CT molecular complexity index is 1750. The van der Waals surface area contributed by atoms with E-state index >= 15 is 0 Å². The van der Waals surface area contributed by atoms with Crippen molar-refractivity contribution in [2.75, 3.05) is 0 Å². The smallest absolute Gasteiger partial charge is 0.167 e. The lowest BCUT2D eigenvalue weighted by Gasteiger charge is -2.07. The monoisotopic (exact) mass is 570 g/mol. The van der Waals surface area contributed by atoms with Crippen LogP contribution in [0.5, 0.6) is 11.5 Å². The summed E-state index contributed by atoms with van der Waals surface area (Å²) in [5.41, 5.74) is 5.33. The van der Waals surface area contributed by atoms with Gasteiger partial charge in [0.2, 0.25) is 0 Å². The van der Waals surface area contributed by atoms with Crippen molar-refractivity contribution in [3.05, 3.63) is 155 Å². The quantitative estimate of drug-likeness (QED) is 0.168. The number of aromatic nitrogens is 6. The van der Waals surface area contributed by atoms with Gasteiger partial charge in [-0.3, -0.25) is 4.79 Å². The van der Waals surface area contributed by atoms with E-state index in [4.69, 9.17) is 9.47 Å². The molecular weight excluding hydrogens is 540 g/mol. The fourth-order valence-electron chi connectivity index (χ4n) is 4.55. The predicted octanol–water partition coefficient (Wildman–Crippen LogP) is 5.55. The molecule has 0 unspecified atom stereocenters. The number of ketones is 1. The van der Waals surface area contributed by atoms with E-state index in [-0.39, 0.29) is 5.78 Å². The molecule has 4 aromatic carbocycles. The van der Waals surface area contributed by atoms with E-state index in [1.807, 2.05) is 73.1 Å². The molecule has 0 aliphatic carbocycles. The molecular formula is C34H30N6O3. The van der Waals surface area contributed by atoms with Crippen molar-refractivity contribution in [1.82, 2.24) is 30.0 Å². The Morgan fingerprint density at radius 1 is 0.558 bits per heavy atom. The van der Waals surface area contributed by atoms with E-state index in [0.29, 0.717) is 49.8 Å². The lowest BCUT2D eigenvalue weighted by Crippen LogP contribution is -2.04. The number of hydrogen-bond acceptors (Lipinski definition) is 7. The molecule has 0 N–H and O–H groups in total. The zero-order chi connectivity index (χ0) is 29.3. The number of Topliss-reactive ketones (excluding diaryl/α,β-unsaturated/α-hetero) is 1. The first-order chi connectivity index (χ1) is 21.2. The van der Waals surface area contributed by atoms with Crippen LogP contribution in [0.3, 0.4) is 0 Å². The molecule has 0 fully saturated rings. The second kappa shape index (κ2) is 13.4. The molecule has 0 amide bonds. The van der Waals surface area contributed by atoms with E-state index in [1.165, 1.54) is 0 Å². The largest absolute Gasteiger partial charge is 0.487 e. The molecule has 214 valence electrons. The van der Waals surface area contributed by atoms with Crippen LogP contribution in [-0.4, -0.2) is 35.8 Å². The van der Waals surface area contributed by atoms with Gasteiger partial charge in [0, 0.05) is 12.0 Å². The van der Waals surface area contributed by atoms with Crippen LogP contribution in [0.25, 0.3) is 0 Å². The van der Waals surface area contributed by atoms with Crippen molar-refractivity contribution in [2.45, 2.75) is 32.7 Å². The average Bonchev–Trinajstić information content (AvgIpc) is 3.70. The second-order valence-electron chi connectivity index (χ2n) is 10.1. The predicted molar refractivity (Wildman–Crippen MR) is 161 cm³/mol. The Balaban J connectivity index is 0.948. The number of benzene rings is 4. The lowest BCUT2D eigenvalue weighted by atomic mass is 10.0. The van der Waals surface area contributed by atoms with E-state index in [0.717, 1.165) is 28.1 Å². The Morgan fingerprint density at radius 2 is 1.02 bits per heavy atom. The van der Waals surface area contributed by atoms with Gasteiger partial charge in [-0.2, -0.15) is 0 Å². The normalized spacial score (nSPS) is 10.9. The summed E-state index contributed by atoms with van der Waals surface area (Å²) in [5.74, 6) is 1.39. The number of carbonyl (C=O) groups is 1. The molecule has 9 nitrogen and oxygen atoms in total. The van der Waals surface area contributed by atoms with Crippen LogP contribution in [-0.2, 0) is 32.7 Å². The third kappa shape index (κ3) is 7.80. The van der Waals surface area contributed by atoms with E-state index in [1.54, 1.807) is 33.6 Å². The van der Waals surface area contributed by atoms with Gasteiger partial charge in [0.05, 0.1) is 25.5 Å². The molecule has 0 aliphatic heterocycles. The summed E-state index contributed by atoms with van der Waals surface area (Å²) in [6, 6.07) is 34.9. The van der Waals surface area contributed by atoms with Crippen LogP contribution in [0.4, 0.5) is 0 Å². The van der Waals surface area contributed by atoms with Crippen LogP contribution in [0, 0.1) is 0 Å². The summed E-state index contributed by atoms with van der Waals surface area (Å²) < 4.78 is 15.3. The standard InChI is InChI=1S/C34H30N6O3/c41-34(29-13-17-33(18-14-29)43-25-31-23-40(38-36-31)21-28-9-5-2-6-10-28)19-26-11-15-32(16-12-26)42-24-30-22-39(37-35-30)20-27-7-3-1-4-8-27/h1-18,22-23H,19-21,24-25H2. The molecule has 2 aromatic heterocycles. The van der Waals surface area contributed by atoms with Crippen LogP contribution in [0.2, 0.25) is 0 Å². The van der Waals surface area contributed by atoms with Gasteiger partial charge in [-0.1, -0.05) is 83.2 Å². The molecule has 2 heterocycles. The van der Waals surface area contributed by atoms with Gasteiger partial charge in [0.15, 0.2) is 5.78 Å². The molecule has 0 spiro atoms.